The number of benzene rings is 1. The van der Waals surface area contributed by atoms with E-state index in [1.807, 2.05) is 37.0 Å². The maximum atomic E-state index is 6.17. The van der Waals surface area contributed by atoms with Crippen molar-refractivity contribution in [1.82, 2.24) is 0 Å². The van der Waals surface area contributed by atoms with Gasteiger partial charge in [-0.05, 0) is 17.9 Å². The molecule has 1 rings (SSSR count). The molecular weight excluding hydrogens is 249 g/mol. The average molecular weight is 264 g/mol. The first kappa shape index (κ1) is 13.0. The quantitative estimate of drug-likeness (QED) is 0.742. The van der Waals surface area contributed by atoms with Crippen LogP contribution in [0.5, 0.6) is 0 Å². The zero-order valence-electron chi connectivity index (χ0n) is 8.96. The van der Waals surface area contributed by atoms with Crippen LogP contribution in [0, 0.1) is 0 Å². The van der Waals surface area contributed by atoms with Gasteiger partial charge in [0.1, 0.15) is 0 Å². The van der Waals surface area contributed by atoms with E-state index in [4.69, 9.17) is 23.2 Å². The first-order valence-electron chi connectivity index (χ1n) is 4.74. The second-order valence-corrected chi connectivity index (χ2v) is 4.96. The van der Waals surface area contributed by atoms with Gasteiger partial charge in [-0.3, -0.25) is 0 Å². The molecule has 0 aliphatic heterocycles. The van der Waals surface area contributed by atoms with Gasteiger partial charge >= 0.3 is 0 Å². The van der Waals surface area contributed by atoms with Gasteiger partial charge in [0, 0.05) is 25.2 Å². The monoisotopic (exact) mass is 263 g/mol. The number of para-hydroxylation sites is 1. The van der Waals surface area contributed by atoms with Crippen LogP contribution in [0.2, 0.25) is 5.02 Å². The zero-order valence-corrected chi connectivity index (χ0v) is 11.3. The molecule has 0 aliphatic rings. The number of rotatable bonds is 5. The third kappa shape index (κ3) is 3.47. The fraction of sp³-hybridized carbons (Fsp3) is 0.455. The van der Waals surface area contributed by atoms with E-state index < -0.39 is 0 Å². The smallest absolute Gasteiger partial charge is 0.0642 e. The van der Waals surface area contributed by atoms with Gasteiger partial charge in [-0.25, -0.2) is 0 Å². The van der Waals surface area contributed by atoms with E-state index in [1.54, 1.807) is 0 Å². The lowest BCUT2D eigenvalue weighted by molar-refractivity contribution is 0.969. The number of nitrogens with zero attached hydrogens (tertiary/aromatic N) is 1. The van der Waals surface area contributed by atoms with Crippen molar-refractivity contribution in [2.45, 2.75) is 5.88 Å². The van der Waals surface area contributed by atoms with Crippen LogP contribution in [0.25, 0.3) is 0 Å². The van der Waals surface area contributed by atoms with Gasteiger partial charge in [0.25, 0.3) is 0 Å². The number of hydrogen-bond donors (Lipinski definition) is 0. The molecule has 15 heavy (non-hydrogen) atoms. The van der Waals surface area contributed by atoms with E-state index in [0.717, 1.165) is 28.6 Å². The largest absolute Gasteiger partial charge is 0.372 e. The minimum atomic E-state index is 0.500. The minimum absolute atomic E-state index is 0.500. The van der Waals surface area contributed by atoms with Crippen LogP contribution in [0.4, 0.5) is 5.69 Å². The van der Waals surface area contributed by atoms with E-state index in [-0.39, 0.29) is 0 Å². The van der Waals surface area contributed by atoms with Crippen molar-refractivity contribution < 1.29 is 0 Å². The van der Waals surface area contributed by atoms with Gasteiger partial charge in [0.05, 0.1) is 10.7 Å². The molecular formula is C11H15Cl2NS. The Morgan fingerprint density at radius 2 is 2.13 bits per heavy atom. The summed E-state index contributed by atoms with van der Waals surface area (Å²) in [5.41, 5.74) is 2.15. The van der Waals surface area contributed by atoms with Crippen molar-refractivity contribution in [3.63, 3.8) is 0 Å². The van der Waals surface area contributed by atoms with E-state index >= 15 is 0 Å². The second-order valence-electron chi connectivity index (χ2n) is 3.30. The molecule has 1 nitrogen and oxygen atoms in total. The third-order valence-electron chi connectivity index (χ3n) is 2.23. The summed E-state index contributed by atoms with van der Waals surface area (Å²) >= 11 is 13.9. The van der Waals surface area contributed by atoms with Crippen molar-refractivity contribution >= 4 is 40.7 Å². The van der Waals surface area contributed by atoms with Gasteiger partial charge in [0.15, 0.2) is 0 Å². The summed E-state index contributed by atoms with van der Waals surface area (Å²) in [4.78, 5) is 2.16. The van der Waals surface area contributed by atoms with E-state index in [9.17, 15) is 0 Å². The molecule has 4 heteroatoms. The van der Waals surface area contributed by atoms with Crippen molar-refractivity contribution in [1.29, 1.82) is 0 Å². The lowest BCUT2D eigenvalue weighted by atomic mass is 10.2. The predicted octanol–water partition coefficient (Wildman–Crippen LogP) is 3.88. The van der Waals surface area contributed by atoms with Crippen molar-refractivity contribution in [2.75, 3.05) is 30.5 Å². The fourth-order valence-corrected chi connectivity index (χ4v) is 2.45. The van der Waals surface area contributed by atoms with Crippen LogP contribution in [0.1, 0.15) is 5.56 Å². The number of thioether (sulfide) groups is 1. The molecule has 84 valence electrons. The van der Waals surface area contributed by atoms with Crippen LogP contribution < -0.4 is 4.90 Å². The van der Waals surface area contributed by atoms with E-state index in [1.165, 1.54) is 0 Å². The highest BCUT2D eigenvalue weighted by Gasteiger charge is 2.10. The number of halogens is 2. The molecule has 0 unspecified atom stereocenters. The normalized spacial score (nSPS) is 10.4. The summed E-state index contributed by atoms with van der Waals surface area (Å²) in [5, 5.41) is 0.775. The highest BCUT2D eigenvalue weighted by Crippen LogP contribution is 2.30. The molecule has 0 aliphatic carbocycles. The molecule has 1 aromatic rings. The van der Waals surface area contributed by atoms with Gasteiger partial charge in [-0.1, -0.05) is 23.7 Å². The van der Waals surface area contributed by atoms with E-state index in [0.29, 0.717) is 5.88 Å². The van der Waals surface area contributed by atoms with Gasteiger partial charge in [-0.2, -0.15) is 11.8 Å². The predicted molar refractivity (Wildman–Crippen MR) is 72.7 cm³/mol. The highest BCUT2D eigenvalue weighted by molar-refractivity contribution is 7.98. The first-order valence-corrected chi connectivity index (χ1v) is 7.04. The van der Waals surface area contributed by atoms with Crippen LogP contribution in [0.3, 0.4) is 0 Å². The Balaban J connectivity index is 2.90. The van der Waals surface area contributed by atoms with E-state index in [2.05, 4.69) is 11.2 Å². The minimum Gasteiger partial charge on any atom is -0.372 e. The molecule has 0 atom stereocenters. The molecule has 0 amide bonds. The highest BCUT2D eigenvalue weighted by atomic mass is 35.5. The second kappa shape index (κ2) is 6.51. The molecule has 0 saturated heterocycles. The van der Waals surface area contributed by atoms with Crippen molar-refractivity contribution in [3.8, 4) is 0 Å². The maximum Gasteiger partial charge on any atom is 0.0642 e. The van der Waals surface area contributed by atoms with Crippen molar-refractivity contribution in [3.05, 3.63) is 28.8 Å². The fourth-order valence-electron chi connectivity index (χ4n) is 1.44. The van der Waals surface area contributed by atoms with Gasteiger partial charge in [-0.15, -0.1) is 11.6 Å². The van der Waals surface area contributed by atoms with Crippen LogP contribution in [0.15, 0.2) is 18.2 Å². The molecule has 0 saturated carbocycles. The standard InChI is InChI=1S/C11H15Cl2NS/c1-14(6-7-15-2)11-9(8-12)4-3-5-10(11)13/h3-5H,6-8H2,1-2H3. The lowest BCUT2D eigenvalue weighted by Gasteiger charge is -2.22. The topological polar surface area (TPSA) is 3.24 Å². The molecule has 0 heterocycles. The van der Waals surface area contributed by atoms with Crippen molar-refractivity contribution in [2.24, 2.45) is 0 Å². The molecule has 0 aromatic heterocycles. The molecule has 0 radical (unpaired) electrons. The summed E-state index contributed by atoms with van der Waals surface area (Å²) in [6.45, 7) is 0.981. The first-order chi connectivity index (χ1) is 7.20. The number of anilines is 1. The summed E-state index contributed by atoms with van der Waals surface area (Å²) in [6.07, 6.45) is 2.10. The zero-order chi connectivity index (χ0) is 11.3. The summed E-state index contributed by atoms with van der Waals surface area (Å²) in [6, 6.07) is 5.86. The lowest BCUT2D eigenvalue weighted by Crippen LogP contribution is -2.21. The van der Waals surface area contributed by atoms with Crippen LogP contribution >= 0.6 is 35.0 Å². The Hall–Kier alpha value is -0.0500. The number of hydrogen-bond acceptors (Lipinski definition) is 2. The van der Waals surface area contributed by atoms with Gasteiger partial charge < -0.3 is 4.90 Å². The molecule has 0 N–H and O–H groups in total. The molecule has 1 aromatic carbocycles. The molecule has 0 spiro atoms. The Morgan fingerprint density at radius 1 is 1.40 bits per heavy atom. The summed E-state index contributed by atoms with van der Waals surface area (Å²) < 4.78 is 0. The average Bonchev–Trinajstić information content (AvgIpc) is 2.25. The summed E-state index contributed by atoms with van der Waals surface area (Å²) in [5.74, 6) is 1.59. The SMILES string of the molecule is CSCCN(C)c1c(Cl)cccc1CCl. The molecule has 0 fully saturated rings. The van der Waals surface area contributed by atoms with Crippen LogP contribution in [-0.4, -0.2) is 25.6 Å². The summed E-state index contributed by atoms with van der Waals surface area (Å²) in [7, 11) is 2.05. The van der Waals surface area contributed by atoms with Crippen LogP contribution in [-0.2, 0) is 5.88 Å². The number of alkyl halides is 1. The van der Waals surface area contributed by atoms with Gasteiger partial charge in [0.2, 0.25) is 0 Å². The Kier molecular flexibility index (Phi) is 5.65. The Labute approximate surface area is 106 Å². The Bertz CT molecular complexity index is 317. The third-order valence-corrected chi connectivity index (χ3v) is 3.41. The maximum absolute atomic E-state index is 6.17. The molecule has 0 bridgehead atoms. The Morgan fingerprint density at radius 3 is 2.73 bits per heavy atom.